The number of thiazole rings is 1. The van der Waals surface area contributed by atoms with Crippen LogP contribution in [0, 0.1) is 46.2 Å². The Morgan fingerprint density at radius 1 is 0.816 bits per heavy atom. The van der Waals surface area contributed by atoms with E-state index < -0.39 is 88.6 Å². The van der Waals surface area contributed by atoms with Crippen molar-refractivity contribution in [1.82, 2.24) is 41.4 Å². The fourth-order valence-electron chi connectivity index (χ4n) is 13.2. The van der Waals surface area contributed by atoms with Gasteiger partial charge < -0.3 is 70.3 Å². The molecule has 27 heteroatoms. The standard InChI is InChI=1S/C76H122FN9O16S/c1-14-16-17-19-34-86(72(93)66(51(6)15-2)84-69(91)62-24-18-20-33-85(62)13)48-75(9,10)31-29-63(102-53(8)87)71-82-61(47-103-71)68(90)80-55(45-76(11,12)73(94)95)43-54-26-28-60(59(77)44-54)81-67(89)52(7)79-70(92)65(49(3)4)83-64(88)30-35-97-37-39-99-41-42-100-40-38-98-36-32-78-74(96)101-46-58-56-23-21-22-50(5)25-27-57(56)58/h22,26,28,44,47,49,51-52,55-58,62-63,65-66H,14-21,23-25,27,29-43,45-46,48H2,1-13H3,(H,78,96)(H,79,92)(H,80,90)(H,81,89)(H,83,88)(H,84,91)(H,94,95)/t51-,52-,55-,56-,57+,58-,62+,63+,65-,66-/m0/s1. The molecule has 0 radical (unpaired) electrons. The number of carbonyl (C=O) groups excluding carboxylic acids is 8. The topological polar surface area (TPSA) is 321 Å². The van der Waals surface area contributed by atoms with Crippen molar-refractivity contribution < 1.29 is 81.1 Å². The van der Waals surface area contributed by atoms with Crippen LogP contribution in [0.2, 0.25) is 0 Å². The number of fused-ring (bicyclic) bond motifs is 1. The molecule has 0 spiro atoms. The van der Waals surface area contributed by atoms with Gasteiger partial charge in [0.25, 0.3) is 5.91 Å². The Bertz CT molecular complexity index is 3070. The molecule has 103 heavy (non-hydrogen) atoms. The van der Waals surface area contributed by atoms with Crippen molar-refractivity contribution in [2.45, 2.75) is 229 Å². The minimum absolute atomic E-state index is 0.00737. The van der Waals surface area contributed by atoms with Gasteiger partial charge in [-0.15, -0.1) is 11.3 Å². The number of alkyl carbamates (subject to hydrolysis) is 1. The van der Waals surface area contributed by atoms with Gasteiger partial charge in [-0.3, -0.25) is 43.3 Å². The van der Waals surface area contributed by atoms with E-state index in [-0.39, 0.29) is 80.2 Å². The molecule has 0 unspecified atom stereocenters. The van der Waals surface area contributed by atoms with Crippen molar-refractivity contribution in [3.05, 3.63) is 57.3 Å². The van der Waals surface area contributed by atoms with Crippen LogP contribution in [-0.2, 0) is 68.4 Å². The molecular formula is C76H122FN9O16S. The van der Waals surface area contributed by atoms with E-state index in [9.17, 15) is 48.3 Å². The summed E-state index contributed by atoms with van der Waals surface area (Å²) in [5.41, 5.74) is -0.242. The van der Waals surface area contributed by atoms with Crippen molar-refractivity contribution in [3.63, 3.8) is 0 Å². The number of likely N-dealkylation sites (N-methyl/N-ethyl adjacent to an activating group) is 1. The van der Waals surface area contributed by atoms with Crippen molar-refractivity contribution in [3.8, 4) is 0 Å². The summed E-state index contributed by atoms with van der Waals surface area (Å²) in [5.74, 6) is -3.93. The van der Waals surface area contributed by atoms with Crippen molar-refractivity contribution in [2.24, 2.45) is 40.4 Å². The van der Waals surface area contributed by atoms with Gasteiger partial charge in [-0.1, -0.05) is 98.3 Å². The second-order valence-corrected chi connectivity index (χ2v) is 30.9. The lowest BCUT2D eigenvalue weighted by molar-refractivity contribution is -0.148. The van der Waals surface area contributed by atoms with Crippen LogP contribution in [-0.4, -0.2) is 196 Å². The third kappa shape index (κ3) is 30.8. The zero-order valence-electron chi connectivity index (χ0n) is 63.6. The number of ether oxygens (including phenoxy) is 6. The van der Waals surface area contributed by atoms with Gasteiger partial charge in [0.15, 0.2) is 6.10 Å². The molecule has 1 saturated heterocycles. The molecule has 7 amide bonds. The third-order valence-corrected chi connectivity index (χ3v) is 20.8. The summed E-state index contributed by atoms with van der Waals surface area (Å²) in [6.07, 6.45) is 13.5. The lowest BCUT2D eigenvalue weighted by atomic mass is 9.84. The van der Waals surface area contributed by atoms with E-state index in [1.54, 1.807) is 13.8 Å². The molecule has 5 rings (SSSR count). The average Bonchev–Trinajstić information content (AvgIpc) is 1.62. The van der Waals surface area contributed by atoms with Gasteiger partial charge in [-0.2, -0.15) is 0 Å². The highest BCUT2D eigenvalue weighted by molar-refractivity contribution is 7.09. The van der Waals surface area contributed by atoms with Crippen molar-refractivity contribution >= 4 is 70.5 Å². The van der Waals surface area contributed by atoms with Crippen molar-refractivity contribution in [2.75, 3.05) is 98.0 Å². The maximum atomic E-state index is 15.9. The van der Waals surface area contributed by atoms with Crippen LogP contribution in [0.5, 0.6) is 0 Å². The van der Waals surface area contributed by atoms with E-state index in [1.807, 2.05) is 39.6 Å². The fourth-order valence-corrected chi connectivity index (χ4v) is 14.1. The number of allylic oxidation sites excluding steroid dienone is 2. The highest BCUT2D eigenvalue weighted by Crippen LogP contribution is 2.53. The average molecular weight is 1470 g/mol. The molecule has 7 N–H and O–H groups in total. The first-order valence-corrected chi connectivity index (χ1v) is 38.3. The minimum atomic E-state index is -1.35. The fraction of sp³-hybridized carbons (Fsp3) is 0.737. The Balaban J connectivity index is 1.05. The van der Waals surface area contributed by atoms with Crippen LogP contribution in [0.4, 0.5) is 14.9 Å². The first-order chi connectivity index (χ1) is 48.9. The van der Waals surface area contributed by atoms with Gasteiger partial charge in [0.05, 0.1) is 76.6 Å². The van der Waals surface area contributed by atoms with E-state index >= 15 is 4.39 Å². The number of aliphatic carboxylic acids is 1. The van der Waals surface area contributed by atoms with Crippen molar-refractivity contribution in [1.29, 1.82) is 0 Å². The molecule has 1 saturated carbocycles. The quantitative estimate of drug-likeness (QED) is 0.0184. The van der Waals surface area contributed by atoms with Gasteiger partial charge in [0.1, 0.15) is 34.6 Å². The minimum Gasteiger partial charge on any atom is -0.481 e. The van der Waals surface area contributed by atoms with Crippen LogP contribution >= 0.6 is 11.3 Å². The lowest BCUT2D eigenvalue weighted by Crippen LogP contribution is -2.57. The van der Waals surface area contributed by atoms with E-state index in [0.717, 1.165) is 81.7 Å². The molecule has 2 aliphatic carbocycles. The molecule has 1 aromatic carbocycles. The number of anilines is 1. The Morgan fingerprint density at radius 3 is 2.14 bits per heavy atom. The lowest BCUT2D eigenvalue weighted by Gasteiger charge is -2.38. The van der Waals surface area contributed by atoms with E-state index in [1.165, 1.54) is 63.6 Å². The van der Waals surface area contributed by atoms with E-state index in [4.69, 9.17) is 28.4 Å². The number of halogens is 1. The highest BCUT2D eigenvalue weighted by atomic mass is 32.1. The second kappa shape index (κ2) is 44.3. The summed E-state index contributed by atoms with van der Waals surface area (Å²) in [5, 5.41) is 28.7. The molecule has 1 aromatic heterocycles. The largest absolute Gasteiger partial charge is 0.481 e. The third-order valence-electron chi connectivity index (χ3n) is 19.8. The number of carboxylic acid groups (broad SMARTS) is 1. The summed E-state index contributed by atoms with van der Waals surface area (Å²) in [4.78, 5) is 128. The number of carbonyl (C=O) groups is 9. The number of piperidine rings is 1. The number of aromatic nitrogens is 1. The predicted octanol–water partition coefficient (Wildman–Crippen LogP) is 10.1. The number of rotatable bonds is 47. The molecule has 0 bridgehead atoms. The van der Waals surface area contributed by atoms with Gasteiger partial charge >= 0.3 is 18.0 Å². The summed E-state index contributed by atoms with van der Waals surface area (Å²) >= 11 is 1.12. The Labute approximate surface area is 614 Å². The molecule has 10 atom stereocenters. The molecule has 2 aromatic rings. The molecule has 3 aliphatic rings. The van der Waals surface area contributed by atoms with Crippen LogP contribution in [0.3, 0.4) is 0 Å². The Kier molecular flexibility index (Phi) is 37.5. The molecule has 2 fully saturated rings. The molecule has 580 valence electrons. The number of hydrogen-bond acceptors (Lipinski definition) is 18. The van der Waals surface area contributed by atoms with Crippen LogP contribution in [0.15, 0.2) is 35.2 Å². The first-order valence-electron chi connectivity index (χ1n) is 37.5. The monoisotopic (exact) mass is 1470 g/mol. The van der Waals surface area contributed by atoms with Gasteiger partial charge in [-0.05, 0) is 165 Å². The Hall–Kier alpha value is -6.65. The molecular weight excluding hydrogens is 1350 g/mol. The number of benzene rings is 1. The van der Waals surface area contributed by atoms with Gasteiger partial charge in [-0.25, -0.2) is 14.2 Å². The first kappa shape index (κ1) is 87.0. The normalized spacial score (nSPS) is 18.8. The number of likely N-dealkylation sites (tertiary alicyclic amines) is 1. The molecule has 25 nitrogen and oxygen atoms in total. The van der Waals surface area contributed by atoms with E-state index in [2.05, 4.69) is 61.7 Å². The number of hydrogen-bond donors (Lipinski definition) is 7. The number of esters is 1. The summed E-state index contributed by atoms with van der Waals surface area (Å²) in [7, 11) is 1.95. The highest BCUT2D eigenvalue weighted by Gasteiger charge is 2.49. The number of carboxylic acids is 1. The predicted molar refractivity (Wildman–Crippen MR) is 392 cm³/mol. The van der Waals surface area contributed by atoms with E-state index in [0.29, 0.717) is 107 Å². The number of nitrogens with one attached hydrogen (secondary N) is 6. The molecule has 2 heterocycles. The SMILES string of the molecule is CCCCCCN(CC(C)(C)CC[C@@H](OC(C)=O)c1nc(C(=O)N[C@@H](Cc2ccc(NC(=O)[C@H](C)NC(=O)[C@@H](NC(=O)CCOCCOCCOCCOCCNC(=O)OC[C@@H]3[C@@H]4CCC(C)=CCC[C@@H]43)C(C)C)c(F)c2)CC(C)(C)C(=O)O)cs1)C(=O)[C@@H](NC(=O)[C@H]1CCCCN1C)[C@@H](C)CC. The Morgan fingerprint density at radius 2 is 1.50 bits per heavy atom. The maximum Gasteiger partial charge on any atom is 0.407 e. The summed E-state index contributed by atoms with van der Waals surface area (Å²) < 4.78 is 49.4. The maximum absolute atomic E-state index is 15.9. The summed E-state index contributed by atoms with van der Waals surface area (Å²) in [6, 6.07) is -0.0240. The van der Waals surface area contributed by atoms with Crippen LogP contribution in [0.1, 0.15) is 213 Å². The van der Waals surface area contributed by atoms with Crippen LogP contribution in [0.25, 0.3) is 0 Å². The number of nitrogens with zero attached hydrogens (tertiary/aromatic N) is 3. The second-order valence-electron chi connectivity index (χ2n) is 30.0. The molecule has 1 aliphatic heterocycles. The van der Waals surface area contributed by atoms with Crippen LogP contribution < -0.4 is 31.9 Å². The zero-order valence-corrected chi connectivity index (χ0v) is 64.5. The van der Waals surface area contributed by atoms with Gasteiger partial charge in [0.2, 0.25) is 29.5 Å². The summed E-state index contributed by atoms with van der Waals surface area (Å²) in [6.45, 7) is 26.4. The van der Waals surface area contributed by atoms with Gasteiger partial charge in [0, 0.05) is 44.4 Å². The number of amides is 7. The number of unbranched alkanes of at least 4 members (excludes halogenated alkanes) is 3. The smallest absolute Gasteiger partial charge is 0.407 e. The zero-order chi connectivity index (χ0) is 75.8.